The van der Waals surface area contributed by atoms with Crippen LogP contribution in [0.5, 0.6) is 5.75 Å². The van der Waals surface area contributed by atoms with E-state index in [1.54, 1.807) is 0 Å². The quantitative estimate of drug-likeness (QED) is 0.726. The van der Waals surface area contributed by atoms with Crippen LogP contribution in [0, 0.1) is 5.82 Å². The molecule has 0 atom stereocenters. The smallest absolute Gasteiger partial charge is 0.223 e. The first-order valence-electron chi connectivity index (χ1n) is 5.83. The lowest BCUT2D eigenvalue weighted by Gasteiger charge is -2.05. The van der Waals surface area contributed by atoms with Gasteiger partial charge in [0, 0.05) is 11.5 Å². The fraction of sp³-hybridized carbons (Fsp3) is 0.250. The third-order valence-electron chi connectivity index (χ3n) is 2.51. The number of aromatic nitrogens is 4. The molecule has 0 aliphatic carbocycles. The largest absolute Gasteiger partial charge is 0.494 e. The topological polar surface area (TPSA) is 78.3 Å². The van der Waals surface area contributed by atoms with Gasteiger partial charge in [0.15, 0.2) is 17.2 Å². The Morgan fingerprint density at radius 1 is 1.32 bits per heavy atom. The number of anilines is 1. The van der Waals surface area contributed by atoms with Crippen molar-refractivity contribution in [2.75, 3.05) is 12.8 Å². The van der Waals surface area contributed by atoms with E-state index >= 15 is 0 Å². The first-order valence-corrected chi connectivity index (χ1v) is 5.83. The molecule has 100 valence electrons. The van der Waals surface area contributed by atoms with E-state index in [0.717, 1.165) is 0 Å². The molecule has 0 saturated heterocycles. The van der Waals surface area contributed by atoms with Gasteiger partial charge in [-0.2, -0.15) is 9.61 Å². The summed E-state index contributed by atoms with van der Waals surface area (Å²) in [6.45, 7) is 4.00. The molecule has 0 saturated carbocycles. The van der Waals surface area contributed by atoms with Gasteiger partial charge < -0.3 is 10.5 Å². The number of nitrogens with two attached hydrogens (primary N) is 1. The number of ether oxygens (including phenoxy) is 1. The van der Waals surface area contributed by atoms with Crippen LogP contribution in [-0.2, 0) is 0 Å². The maximum absolute atomic E-state index is 13.6. The highest BCUT2D eigenvalue weighted by Gasteiger charge is 2.12. The monoisotopic (exact) mass is 263 g/mol. The Bertz CT molecular complexity index is 725. The number of methoxy groups -OCH3 is 1. The molecular formula is C12H14FN5O. The Balaban J connectivity index is 0.000000637. The van der Waals surface area contributed by atoms with Crippen LogP contribution in [-0.4, -0.2) is 26.7 Å². The van der Waals surface area contributed by atoms with Gasteiger partial charge in [-0.25, -0.2) is 14.4 Å². The highest BCUT2D eigenvalue weighted by Crippen LogP contribution is 2.26. The zero-order valence-electron chi connectivity index (χ0n) is 10.9. The molecule has 0 aliphatic heterocycles. The molecule has 6 nitrogen and oxygen atoms in total. The lowest BCUT2D eigenvalue weighted by atomic mass is 10.2. The van der Waals surface area contributed by atoms with E-state index in [0.29, 0.717) is 16.6 Å². The highest BCUT2D eigenvalue weighted by molar-refractivity contribution is 5.93. The molecule has 2 N–H and O–H groups in total. The van der Waals surface area contributed by atoms with E-state index in [1.807, 2.05) is 13.8 Å². The van der Waals surface area contributed by atoms with E-state index in [9.17, 15) is 4.39 Å². The summed E-state index contributed by atoms with van der Waals surface area (Å²) in [5.74, 6) is -0.164. The summed E-state index contributed by atoms with van der Waals surface area (Å²) >= 11 is 0. The SMILES string of the molecule is CC.COc1cc2nc(N)n3ncnc3c2cc1F. The molecule has 0 fully saturated rings. The molecule has 2 heterocycles. The van der Waals surface area contributed by atoms with Gasteiger partial charge in [-0.05, 0) is 6.07 Å². The number of hydrogen-bond donors (Lipinski definition) is 1. The van der Waals surface area contributed by atoms with Gasteiger partial charge in [-0.3, -0.25) is 0 Å². The van der Waals surface area contributed by atoms with Crippen molar-refractivity contribution in [1.29, 1.82) is 0 Å². The van der Waals surface area contributed by atoms with Crippen molar-refractivity contribution in [3.8, 4) is 5.75 Å². The Kier molecular flexibility index (Phi) is 3.46. The van der Waals surface area contributed by atoms with Crippen LogP contribution in [0.3, 0.4) is 0 Å². The van der Waals surface area contributed by atoms with Crippen LogP contribution in [0.15, 0.2) is 18.5 Å². The van der Waals surface area contributed by atoms with Crippen molar-refractivity contribution in [3.05, 3.63) is 24.3 Å². The zero-order chi connectivity index (χ0) is 14.0. The molecule has 3 rings (SSSR count). The minimum absolute atomic E-state index is 0.119. The van der Waals surface area contributed by atoms with Crippen LogP contribution in [0.2, 0.25) is 0 Å². The summed E-state index contributed by atoms with van der Waals surface area (Å²) in [6.07, 6.45) is 1.34. The average Bonchev–Trinajstić information content (AvgIpc) is 2.92. The molecule has 7 heteroatoms. The van der Waals surface area contributed by atoms with Gasteiger partial charge in [0.2, 0.25) is 5.95 Å². The maximum atomic E-state index is 13.6. The molecule has 3 aromatic rings. The molecular weight excluding hydrogens is 249 g/mol. The van der Waals surface area contributed by atoms with Gasteiger partial charge in [0.25, 0.3) is 0 Å². The number of benzene rings is 1. The normalized spacial score (nSPS) is 10.3. The van der Waals surface area contributed by atoms with Crippen molar-refractivity contribution in [2.24, 2.45) is 0 Å². The summed E-state index contributed by atoms with van der Waals surface area (Å²) in [6, 6.07) is 2.79. The third kappa shape index (κ3) is 2.03. The maximum Gasteiger partial charge on any atom is 0.223 e. The molecule has 19 heavy (non-hydrogen) atoms. The summed E-state index contributed by atoms with van der Waals surface area (Å²) in [5, 5.41) is 4.44. The van der Waals surface area contributed by atoms with E-state index < -0.39 is 5.82 Å². The lowest BCUT2D eigenvalue weighted by molar-refractivity contribution is 0.387. The van der Waals surface area contributed by atoms with Crippen LogP contribution in [0.4, 0.5) is 10.3 Å². The molecule has 0 bridgehead atoms. The molecule has 0 aliphatic rings. The Morgan fingerprint density at radius 2 is 2.05 bits per heavy atom. The fourth-order valence-electron chi connectivity index (χ4n) is 1.73. The second-order valence-electron chi connectivity index (χ2n) is 3.47. The van der Waals surface area contributed by atoms with Gasteiger partial charge in [0.05, 0.1) is 12.6 Å². The zero-order valence-corrected chi connectivity index (χ0v) is 10.9. The lowest BCUT2D eigenvalue weighted by Crippen LogP contribution is -2.03. The average molecular weight is 263 g/mol. The second kappa shape index (κ2) is 5.05. The molecule has 0 spiro atoms. The van der Waals surface area contributed by atoms with Gasteiger partial charge >= 0.3 is 0 Å². The molecule has 0 unspecified atom stereocenters. The van der Waals surface area contributed by atoms with Crippen molar-refractivity contribution in [1.82, 2.24) is 19.6 Å². The highest BCUT2D eigenvalue weighted by atomic mass is 19.1. The summed E-state index contributed by atoms with van der Waals surface area (Å²) < 4.78 is 19.9. The summed E-state index contributed by atoms with van der Waals surface area (Å²) in [4.78, 5) is 8.15. The van der Waals surface area contributed by atoms with Crippen LogP contribution in [0.1, 0.15) is 13.8 Å². The minimum atomic E-state index is -0.475. The Hall–Kier alpha value is -2.44. The van der Waals surface area contributed by atoms with Crippen molar-refractivity contribution >= 4 is 22.5 Å². The fourth-order valence-corrected chi connectivity index (χ4v) is 1.73. The Labute approximate surface area is 109 Å². The predicted octanol–water partition coefficient (Wildman–Crippen LogP) is 2.03. The van der Waals surface area contributed by atoms with Gasteiger partial charge in [-0.15, -0.1) is 0 Å². The van der Waals surface area contributed by atoms with Crippen LogP contribution < -0.4 is 10.5 Å². The van der Waals surface area contributed by atoms with Gasteiger partial charge in [-0.1, -0.05) is 13.8 Å². The number of halogens is 1. The number of hydrogen-bond acceptors (Lipinski definition) is 5. The number of nitrogens with zero attached hydrogens (tertiary/aromatic N) is 4. The van der Waals surface area contributed by atoms with Crippen LogP contribution >= 0.6 is 0 Å². The van der Waals surface area contributed by atoms with E-state index in [4.69, 9.17) is 10.5 Å². The Morgan fingerprint density at radius 3 is 2.74 bits per heavy atom. The van der Waals surface area contributed by atoms with E-state index in [1.165, 1.54) is 30.1 Å². The van der Waals surface area contributed by atoms with Crippen molar-refractivity contribution in [2.45, 2.75) is 13.8 Å². The summed E-state index contributed by atoms with van der Waals surface area (Å²) in [5.41, 5.74) is 6.69. The van der Waals surface area contributed by atoms with Gasteiger partial charge in [0.1, 0.15) is 6.33 Å². The molecule has 0 amide bonds. The number of fused-ring (bicyclic) bond motifs is 3. The van der Waals surface area contributed by atoms with Crippen LogP contribution in [0.25, 0.3) is 16.6 Å². The standard InChI is InChI=1S/C10H8FN5O.C2H6/c1-17-8-3-7-5(2-6(8)11)9-13-4-14-16(9)10(12)15-7;1-2/h2-4H,1H3,(H2,12,15);1-2H3. The van der Waals surface area contributed by atoms with E-state index in [-0.39, 0.29) is 11.7 Å². The van der Waals surface area contributed by atoms with Crippen molar-refractivity contribution < 1.29 is 9.13 Å². The second-order valence-corrected chi connectivity index (χ2v) is 3.47. The molecule has 0 radical (unpaired) electrons. The molecule has 2 aromatic heterocycles. The third-order valence-corrected chi connectivity index (χ3v) is 2.51. The summed E-state index contributed by atoms with van der Waals surface area (Å²) in [7, 11) is 1.39. The number of nitrogen functional groups attached to an aromatic ring is 1. The van der Waals surface area contributed by atoms with Crippen molar-refractivity contribution in [3.63, 3.8) is 0 Å². The first-order chi connectivity index (χ1) is 9.20. The molecule has 1 aromatic carbocycles. The van der Waals surface area contributed by atoms with E-state index in [2.05, 4.69) is 15.1 Å². The number of rotatable bonds is 1. The first kappa shape index (κ1) is 13.0. The minimum Gasteiger partial charge on any atom is -0.494 e. The predicted molar refractivity (Wildman–Crippen MR) is 70.6 cm³/mol.